The molecule has 212 valence electrons. The molecule has 0 aliphatic carbocycles. The summed E-state index contributed by atoms with van der Waals surface area (Å²) in [6.07, 6.45) is 6.77. The minimum absolute atomic E-state index is 0.150. The van der Waals surface area contributed by atoms with Gasteiger partial charge in [0.25, 0.3) is 5.56 Å². The fourth-order valence-corrected chi connectivity index (χ4v) is 4.29. The van der Waals surface area contributed by atoms with Gasteiger partial charge in [-0.15, -0.1) is 0 Å². The zero-order valence-electron chi connectivity index (χ0n) is 21.8. The van der Waals surface area contributed by atoms with Crippen molar-refractivity contribution in [1.29, 1.82) is 0 Å². The van der Waals surface area contributed by atoms with Crippen molar-refractivity contribution in [3.8, 4) is 0 Å². The van der Waals surface area contributed by atoms with E-state index in [-0.39, 0.29) is 25.5 Å². The quantitative estimate of drug-likeness (QED) is 0.0853. The monoisotopic (exact) mass is 545 g/mol. The number of rotatable bonds is 9. The zero-order valence-corrected chi connectivity index (χ0v) is 21.8. The number of pyridine rings is 1. The largest absolute Gasteiger partial charge is 0.394 e. The number of nitrogens with zero attached hydrogens (tertiary/aromatic N) is 7. The zero-order chi connectivity index (χ0) is 28.2. The summed E-state index contributed by atoms with van der Waals surface area (Å²) in [6, 6.07) is 3.04. The maximum atomic E-state index is 11.7. The summed E-state index contributed by atoms with van der Waals surface area (Å²) in [5.74, 6) is 0.267. The Balaban J connectivity index is 0.000000216. The summed E-state index contributed by atoms with van der Waals surface area (Å²) < 4.78 is 6.69. The average molecular weight is 546 g/mol. The van der Waals surface area contributed by atoms with Gasteiger partial charge in [0.15, 0.2) is 5.84 Å². The van der Waals surface area contributed by atoms with Gasteiger partial charge in [-0.2, -0.15) is 0 Å². The standard InChI is InChI=1S/C14H22N4O2.C10H13N5O4/c15-14(12-5-4-6-16-9-12)17-20-11-13(19)10-18-7-2-1-3-8-18;1-5-3-15(10(18)12-9(5)17)8-2-6(13-14-11)7(4-16)19-8/h4-6,9,13,19H,1-3,7-8,10-11H2,(H2,15,17);3,6-8,16H,2,4H2,1H3,(H,12,17,18)/t;6-,7+,8+/m.0/s1. The lowest BCUT2D eigenvalue weighted by Gasteiger charge is -2.27. The SMILES string of the molecule is Cc1cn([C@H]2C[C@H](N=[N+]=[N-])[C@@H](CO)O2)c(=O)[nH]c1=O.N/C(=N\OCC(O)CN1CCCCC1)c1cccnc1. The van der Waals surface area contributed by atoms with E-state index in [1.54, 1.807) is 31.5 Å². The van der Waals surface area contributed by atoms with Gasteiger partial charge in [-0.1, -0.05) is 16.7 Å². The van der Waals surface area contributed by atoms with Crippen LogP contribution in [0, 0.1) is 6.92 Å². The maximum Gasteiger partial charge on any atom is 0.330 e. The fraction of sp³-hybridized carbons (Fsp3) is 0.583. The molecule has 15 heteroatoms. The Morgan fingerprint density at radius 2 is 2.15 bits per heavy atom. The van der Waals surface area contributed by atoms with Gasteiger partial charge in [0.05, 0.1) is 18.8 Å². The van der Waals surface area contributed by atoms with Crippen LogP contribution >= 0.6 is 0 Å². The molecule has 0 bridgehead atoms. The lowest BCUT2D eigenvalue weighted by molar-refractivity contribution is -0.0271. The molecule has 4 atom stereocenters. The molecule has 2 saturated heterocycles. The van der Waals surface area contributed by atoms with E-state index in [1.807, 2.05) is 0 Å². The van der Waals surface area contributed by atoms with Gasteiger partial charge in [-0.25, -0.2) is 4.79 Å². The van der Waals surface area contributed by atoms with Crippen molar-refractivity contribution in [2.75, 3.05) is 32.8 Å². The van der Waals surface area contributed by atoms with E-state index in [9.17, 15) is 14.7 Å². The molecule has 1 unspecified atom stereocenters. The highest BCUT2D eigenvalue weighted by molar-refractivity contribution is 5.96. The van der Waals surface area contributed by atoms with E-state index in [0.29, 0.717) is 17.7 Å². The number of aliphatic hydroxyl groups is 2. The number of hydrogen-bond acceptors (Lipinski definition) is 10. The van der Waals surface area contributed by atoms with Crippen LogP contribution in [-0.2, 0) is 9.57 Å². The van der Waals surface area contributed by atoms with Gasteiger partial charge in [0.2, 0.25) is 0 Å². The summed E-state index contributed by atoms with van der Waals surface area (Å²) in [5, 5.41) is 26.4. The van der Waals surface area contributed by atoms with Crippen LogP contribution in [0.3, 0.4) is 0 Å². The molecule has 2 aromatic heterocycles. The summed E-state index contributed by atoms with van der Waals surface area (Å²) in [4.78, 5) is 39.2. The van der Waals surface area contributed by atoms with Crippen molar-refractivity contribution < 1.29 is 19.8 Å². The number of piperidine rings is 1. The Bertz CT molecular complexity index is 1240. The predicted octanol–water partition coefficient (Wildman–Crippen LogP) is 0.369. The van der Waals surface area contributed by atoms with Crippen LogP contribution in [-0.4, -0.2) is 86.6 Å². The number of β-amino-alcohol motifs (C(OH)–C–C–N with tert-alkyl or cyclic N) is 1. The molecule has 2 aliphatic heterocycles. The number of aromatic nitrogens is 3. The van der Waals surface area contributed by atoms with Crippen molar-refractivity contribution in [2.24, 2.45) is 16.0 Å². The Morgan fingerprint density at radius 1 is 1.38 bits per heavy atom. The molecular formula is C24H35N9O6. The number of likely N-dealkylation sites (tertiary alicyclic amines) is 1. The summed E-state index contributed by atoms with van der Waals surface area (Å²) in [5.41, 5.74) is 14.2. The molecule has 2 aliphatic rings. The van der Waals surface area contributed by atoms with Gasteiger partial charge < -0.3 is 30.4 Å². The van der Waals surface area contributed by atoms with Gasteiger partial charge in [0, 0.05) is 47.6 Å². The first kappa shape index (κ1) is 29.8. The molecule has 2 fully saturated rings. The normalized spacial score (nSPS) is 22.3. The van der Waals surface area contributed by atoms with Crippen molar-refractivity contribution in [3.63, 3.8) is 0 Å². The van der Waals surface area contributed by atoms with Gasteiger partial charge in [-0.05, 0) is 50.5 Å². The molecule has 0 amide bonds. The molecule has 5 N–H and O–H groups in total. The van der Waals surface area contributed by atoms with Crippen molar-refractivity contribution in [1.82, 2.24) is 19.4 Å². The number of nitrogens with one attached hydrogen (secondary N) is 1. The number of nitrogens with two attached hydrogens (primary N) is 1. The molecule has 0 saturated carbocycles. The van der Waals surface area contributed by atoms with Crippen molar-refractivity contribution >= 4 is 5.84 Å². The summed E-state index contributed by atoms with van der Waals surface area (Å²) >= 11 is 0. The van der Waals surface area contributed by atoms with Crippen LogP contribution < -0.4 is 17.0 Å². The molecule has 4 rings (SSSR count). The van der Waals surface area contributed by atoms with E-state index in [2.05, 4.69) is 30.0 Å². The second-order valence-electron chi connectivity index (χ2n) is 9.33. The minimum atomic E-state index is -0.671. The molecular weight excluding hydrogens is 510 g/mol. The topological polar surface area (TPSA) is 217 Å². The van der Waals surface area contributed by atoms with Crippen LogP contribution in [0.5, 0.6) is 0 Å². The van der Waals surface area contributed by atoms with Crippen LogP contribution in [0.4, 0.5) is 0 Å². The van der Waals surface area contributed by atoms with E-state index in [4.69, 9.17) is 25.9 Å². The van der Waals surface area contributed by atoms with Gasteiger partial charge >= 0.3 is 5.69 Å². The molecule has 4 heterocycles. The van der Waals surface area contributed by atoms with Crippen LogP contribution in [0.25, 0.3) is 10.4 Å². The fourth-order valence-electron chi connectivity index (χ4n) is 4.29. The van der Waals surface area contributed by atoms with Crippen LogP contribution in [0.15, 0.2) is 50.6 Å². The number of oxime groups is 1. The molecule has 2 aromatic rings. The molecule has 15 nitrogen and oxygen atoms in total. The number of H-pyrrole nitrogens is 1. The van der Waals surface area contributed by atoms with Crippen molar-refractivity contribution in [3.05, 3.63) is 73.1 Å². The highest BCUT2D eigenvalue weighted by Crippen LogP contribution is 2.29. The highest BCUT2D eigenvalue weighted by Gasteiger charge is 2.35. The Kier molecular flexibility index (Phi) is 11.5. The highest BCUT2D eigenvalue weighted by atomic mass is 16.6. The summed E-state index contributed by atoms with van der Waals surface area (Å²) in [7, 11) is 0. The smallest absolute Gasteiger partial charge is 0.330 e. The first-order valence-electron chi connectivity index (χ1n) is 12.7. The van der Waals surface area contributed by atoms with E-state index < -0.39 is 35.7 Å². The number of aliphatic hydroxyl groups excluding tert-OH is 2. The number of aryl methyl sites for hydroxylation is 1. The molecule has 39 heavy (non-hydrogen) atoms. The second kappa shape index (κ2) is 15.0. The van der Waals surface area contributed by atoms with Crippen molar-refractivity contribution in [2.45, 2.75) is 57.1 Å². The average Bonchev–Trinajstić information content (AvgIpc) is 3.35. The van der Waals surface area contributed by atoms with E-state index in [0.717, 1.165) is 13.1 Å². The first-order chi connectivity index (χ1) is 18.8. The number of amidine groups is 1. The van der Waals surface area contributed by atoms with Crippen LogP contribution in [0.1, 0.15) is 43.0 Å². The number of azide groups is 1. The lowest BCUT2D eigenvalue weighted by atomic mass is 10.1. The molecule has 0 aromatic carbocycles. The van der Waals surface area contributed by atoms with Gasteiger partial charge in [0.1, 0.15) is 18.9 Å². The van der Waals surface area contributed by atoms with Crippen LogP contribution in [0.2, 0.25) is 0 Å². The predicted molar refractivity (Wildman–Crippen MR) is 142 cm³/mol. The Morgan fingerprint density at radius 3 is 2.82 bits per heavy atom. The number of ether oxygens (including phenoxy) is 1. The summed E-state index contributed by atoms with van der Waals surface area (Å²) in [6.45, 7) is 4.14. The number of aromatic amines is 1. The Labute approximate surface area is 224 Å². The van der Waals surface area contributed by atoms with Gasteiger partial charge in [-0.3, -0.25) is 19.3 Å². The Hall–Kier alpha value is -3.75. The third kappa shape index (κ3) is 8.90. The second-order valence-corrected chi connectivity index (χ2v) is 9.33. The third-order valence-electron chi connectivity index (χ3n) is 6.34. The van der Waals surface area contributed by atoms with E-state index in [1.165, 1.54) is 30.0 Å². The first-order valence-corrected chi connectivity index (χ1v) is 12.7. The van der Waals surface area contributed by atoms with E-state index >= 15 is 0 Å². The minimum Gasteiger partial charge on any atom is -0.394 e. The molecule has 0 radical (unpaired) electrons. The lowest BCUT2D eigenvalue weighted by Crippen LogP contribution is -2.38. The number of hydrogen-bond donors (Lipinski definition) is 4. The molecule has 0 spiro atoms. The third-order valence-corrected chi connectivity index (χ3v) is 6.34. The maximum absolute atomic E-state index is 11.7.